The molecule has 0 spiro atoms. The fourth-order valence-corrected chi connectivity index (χ4v) is 2.97. The molecule has 2 atom stereocenters. The van der Waals surface area contributed by atoms with E-state index >= 15 is 0 Å². The summed E-state index contributed by atoms with van der Waals surface area (Å²) >= 11 is 0. The zero-order chi connectivity index (χ0) is 14.8. The molecule has 5 heteroatoms. The first-order valence-corrected chi connectivity index (χ1v) is 7.04. The van der Waals surface area contributed by atoms with Gasteiger partial charge in [0.15, 0.2) is 0 Å². The molecule has 0 aliphatic heterocycles. The lowest BCUT2D eigenvalue weighted by molar-refractivity contribution is -0.142. The maximum absolute atomic E-state index is 12.4. The molecule has 1 aliphatic rings. The van der Waals surface area contributed by atoms with Crippen LogP contribution in [0.25, 0.3) is 10.8 Å². The number of fused-ring (bicyclic) bond motifs is 1. The summed E-state index contributed by atoms with van der Waals surface area (Å²) in [4.78, 5) is 27.8. The Balaban J connectivity index is 1.86. The number of pyridine rings is 1. The Morgan fingerprint density at radius 3 is 2.81 bits per heavy atom. The number of nitrogens with one attached hydrogen (secondary N) is 1. The third-order valence-electron chi connectivity index (χ3n) is 4.04. The van der Waals surface area contributed by atoms with Crippen molar-refractivity contribution in [2.75, 3.05) is 0 Å². The molecular formula is C16H16N2O3. The van der Waals surface area contributed by atoms with Crippen molar-refractivity contribution in [1.82, 2.24) is 10.3 Å². The number of carbonyl (C=O) groups excluding carboxylic acids is 1. The van der Waals surface area contributed by atoms with Crippen molar-refractivity contribution in [3.8, 4) is 0 Å². The Morgan fingerprint density at radius 1 is 1.19 bits per heavy atom. The van der Waals surface area contributed by atoms with Crippen LogP contribution in [-0.2, 0) is 4.79 Å². The zero-order valence-electron chi connectivity index (χ0n) is 11.5. The van der Waals surface area contributed by atoms with Gasteiger partial charge in [-0.15, -0.1) is 0 Å². The number of aliphatic carboxylic acids is 1. The number of hydrogen-bond donors (Lipinski definition) is 2. The van der Waals surface area contributed by atoms with Gasteiger partial charge in [-0.2, -0.15) is 0 Å². The molecule has 2 aromatic rings. The van der Waals surface area contributed by atoms with Crippen LogP contribution in [-0.4, -0.2) is 28.0 Å². The molecule has 3 rings (SSSR count). The largest absolute Gasteiger partial charge is 0.481 e. The summed E-state index contributed by atoms with van der Waals surface area (Å²) in [5, 5.41) is 13.7. The molecule has 1 aromatic heterocycles. The van der Waals surface area contributed by atoms with Crippen LogP contribution >= 0.6 is 0 Å². The van der Waals surface area contributed by atoms with Crippen LogP contribution in [0.4, 0.5) is 0 Å². The first-order chi connectivity index (χ1) is 10.2. The highest BCUT2D eigenvalue weighted by molar-refractivity contribution is 6.05. The fourth-order valence-electron chi connectivity index (χ4n) is 2.97. The van der Waals surface area contributed by atoms with E-state index in [9.17, 15) is 14.7 Å². The number of hydrogen-bond acceptors (Lipinski definition) is 3. The van der Waals surface area contributed by atoms with Crippen molar-refractivity contribution in [3.63, 3.8) is 0 Å². The summed E-state index contributed by atoms with van der Waals surface area (Å²) in [5.41, 5.74) is 0.351. The van der Waals surface area contributed by atoms with Gasteiger partial charge < -0.3 is 10.4 Å². The van der Waals surface area contributed by atoms with E-state index in [1.807, 2.05) is 30.3 Å². The van der Waals surface area contributed by atoms with Gasteiger partial charge in [0.2, 0.25) is 0 Å². The van der Waals surface area contributed by atoms with Crippen molar-refractivity contribution < 1.29 is 14.7 Å². The zero-order valence-corrected chi connectivity index (χ0v) is 11.5. The number of carboxylic acids is 1. The van der Waals surface area contributed by atoms with Gasteiger partial charge in [0.1, 0.15) is 5.69 Å². The lowest BCUT2D eigenvalue weighted by Gasteiger charge is -2.17. The minimum atomic E-state index is -0.844. The third kappa shape index (κ3) is 2.59. The monoisotopic (exact) mass is 284 g/mol. The van der Waals surface area contributed by atoms with Crippen LogP contribution in [0.2, 0.25) is 0 Å². The summed E-state index contributed by atoms with van der Waals surface area (Å²) in [6, 6.07) is 9.07. The smallest absolute Gasteiger partial charge is 0.308 e. The summed E-state index contributed by atoms with van der Waals surface area (Å²) < 4.78 is 0. The number of nitrogens with zero attached hydrogens (tertiary/aromatic N) is 1. The minimum absolute atomic E-state index is 0.301. The summed E-state index contributed by atoms with van der Waals surface area (Å²) in [7, 11) is 0. The van der Waals surface area contributed by atoms with E-state index in [0.717, 1.165) is 17.2 Å². The average molecular weight is 284 g/mol. The predicted octanol–water partition coefficient (Wildman–Crippen LogP) is 2.22. The first kappa shape index (κ1) is 13.5. The molecule has 1 fully saturated rings. The van der Waals surface area contributed by atoms with Crippen molar-refractivity contribution in [2.24, 2.45) is 5.92 Å². The maximum Gasteiger partial charge on any atom is 0.308 e. The van der Waals surface area contributed by atoms with E-state index < -0.39 is 11.9 Å². The van der Waals surface area contributed by atoms with Crippen LogP contribution in [0, 0.1) is 5.92 Å². The fraction of sp³-hybridized carbons (Fsp3) is 0.312. The second-order valence-corrected chi connectivity index (χ2v) is 5.34. The van der Waals surface area contributed by atoms with Gasteiger partial charge in [0.25, 0.3) is 5.91 Å². The predicted molar refractivity (Wildman–Crippen MR) is 78.0 cm³/mol. The summed E-state index contributed by atoms with van der Waals surface area (Å²) in [5.74, 6) is -1.64. The standard InChI is InChI=1S/C16H16N2O3/c19-15(18-13-7-3-6-12(13)16(20)21)14-11-5-2-1-4-10(11)8-9-17-14/h1-2,4-5,8-9,12-13H,3,6-7H2,(H,18,19)(H,20,21)/t12-,13-/m0/s1. The lowest BCUT2D eigenvalue weighted by atomic mass is 10.0. The van der Waals surface area contributed by atoms with E-state index in [4.69, 9.17) is 0 Å². The van der Waals surface area contributed by atoms with Crippen LogP contribution in [0.1, 0.15) is 29.8 Å². The van der Waals surface area contributed by atoms with E-state index in [-0.39, 0.29) is 11.9 Å². The Morgan fingerprint density at radius 2 is 2.00 bits per heavy atom. The molecule has 5 nitrogen and oxygen atoms in total. The highest BCUT2D eigenvalue weighted by Crippen LogP contribution is 2.26. The van der Waals surface area contributed by atoms with E-state index in [2.05, 4.69) is 10.3 Å². The van der Waals surface area contributed by atoms with Crippen LogP contribution < -0.4 is 5.32 Å². The average Bonchev–Trinajstić information content (AvgIpc) is 2.95. The molecule has 0 bridgehead atoms. The highest BCUT2D eigenvalue weighted by atomic mass is 16.4. The topological polar surface area (TPSA) is 79.3 Å². The molecule has 0 unspecified atom stereocenters. The third-order valence-corrected chi connectivity index (χ3v) is 4.04. The molecule has 1 heterocycles. The van der Waals surface area contributed by atoms with Gasteiger partial charge in [-0.05, 0) is 24.3 Å². The Bertz CT molecular complexity index is 693. The molecule has 21 heavy (non-hydrogen) atoms. The van der Waals surface area contributed by atoms with Crippen LogP contribution in [0.3, 0.4) is 0 Å². The molecule has 2 N–H and O–H groups in total. The second-order valence-electron chi connectivity index (χ2n) is 5.34. The second kappa shape index (κ2) is 5.52. The maximum atomic E-state index is 12.4. The minimum Gasteiger partial charge on any atom is -0.481 e. The number of amides is 1. The van der Waals surface area contributed by atoms with Crippen LogP contribution in [0.5, 0.6) is 0 Å². The first-order valence-electron chi connectivity index (χ1n) is 7.04. The number of rotatable bonds is 3. The van der Waals surface area contributed by atoms with Crippen LogP contribution in [0.15, 0.2) is 36.5 Å². The van der Waals surface area contributed by atoms with Gasteiger partial charge in [0, 0.05) is 17.6 Å². The van der Waals surface area contributed by atoms with Gasteiger partial charge in [-0.1, -0.05) is 30.7 Å². The quantitative estimate of drug-likeness (QED) is 0.905. The van der Waals surface area contributed by atoms with Crippen molar-refractivity contribution in [2.45, 2.75) is 25.3 Å². The number of carboxylic acid groups (broad SMARTS) is 1. The van der Waals surface area contributed by atoms with E-state index in [1.54, 1.807) is 6.20 Å². The molecule has 0 saturated heterocycles. The molecule has 1 saturated carbocycles. The Labute approximate surface area is 122 Å². The summed E-state index contributed by atoms with van der Waals surface area (Å²) in [6.07, 6.45) is 3.74. The van der Waals surface area contributed by atoms with Gasteiger partial charge >= 0.3 is 5.97 Å². The SMILES string of the molecule is O=C(N[C@H]1CCC[C@@H]1C(=O)O)c1nccc2ccccc12. The molecule has 1 aromatic carbocycles. The van der Waals surface area contributed by atoms with Gasteiger partial charge in [0.05, 0.1) is 5.92 Å². The molecule has 108 valence electrons. The molecule has 1 amide bonds. The Hall–Kier alpha value is -2.43. The van der Waals surface area contributed by atoms with Gasteiger partial charge in [-0.3, -0.25) is 14.6 Å². The number of benzene rings is 1. The molecule has 0 radical (unpaired) electrons. The molecular weight excluding hydrogens is 268 g/mol. The number of aromatic nitrogens is 1. The van der Waals surface area contributed by atoms with Crippen molar-refractivity contribution >= 4 is 22.6 Å². The van der Waals surface area contributed by atoms with E-state index in [0.29, 0.717) is 18.5 Å². The highest BCUT2D eigenvalue weighted by Gasteiger charge is 2.34. The normalized spacial score (nSPS) is 21.3. The van der Waals surface area contributed by atoms with Crippen molar-refractivity contribution in [1.29, 1.82) is 0 Å². The molecule has 1 aliphatic carbocycles. The Kier molecular flexibility index (Phi) is 3.56. The van der Waals surface area contributed by atoms with Crippen molar-refractivity contribution in [3.05, 3.63) is 42.2 Å². The van der Waals surface area contributed by atoms with E-state index in [1.165, 1.54) is 0 Å². The van der Waals surface area contributed by atoms with Gasteiger partial charge in [-0.25, -0.2) is 0 Å². The lowest BCUT2D eigenvalue weighted by Crippen LogP contribution is -2.40. The summed E-state index contributed by atoms with van der Waals surface area (Å²) in [6.45, 7) is 0. The number of carbonyl (C=O) groups is 2.